The first-order chi connectivity index (χ1) is 46.1. The number of phenols is 4. The molecule has 0 bridgehead atoms. The summed E-state index contributed by atoms with van der Waals surface area (Å²) in [5, 5.41) is 45.3. The van der Waals surface area contributed by atoms with Crippen molar-refractivity contribution in [3.8, 4) is 46.0 Å². The maximum atomic E-state index is 11.5. The zero-order valence-electron chi connectivity index (χ0n) is 63.3. The molecule has 8 nitrogen and oxygen atoms in total. The minimum absolute atomic E-state index is 0.0303. The minimum Gasteiger partial charge on any atom is -0.508 e. The molecule has 2 aliphatic carbocycles. The number of benzene rings is 4. The van der Waals surface area contributed by atoms with Gasteiger partial charge in [0.15, 0.2) is 0 Å². The number of rotatable bonds is 44. The molecule has 0 saturated heterocycles. The lowest BCUT2D eigenvalue weighted by atomic mass is 9.73. The van der Waals surface area contributed by atoms with Crippen LogP contribution < -0.4 is 18.9 Å². The van der Waals surface area contributed by atoms with Crippen molar-refractivity contribution in [1.29, 1.82) is 0 Å². The standard InChI is InChI=1S/2C44H68O4/c2*1-9-11-13-18-35-27-40(45)38(23-20-33(7)17-15-16-31(3)4)42(29-35)47-24-25-48-43-30-36(19-14-12-10-2)28-41(46)44(43)39-26-34(8)21-22-37(39)32(5)6/h2*26-31,33,37,39,45-46H,5,9-25H2,1-4,6-8H3/t33-,37+,39-;33-,37-,39+/m10/s1. The first-order valence-corrected chi connectivity index (χ1v) is 38.6. The van der Waals surface area contributed by atoms with Crippen LogP contribution in [0.25, 0.3) is 0 Å². The number of ether oxygens (including phenoxy) is 4. The molecule has 0 spiro atoms. The van der Waals surface area contributed by atoms with Crippen molar-refractivity contribution < 1.29 is 39.4 Å². The second-order valence-corrected chi connectivity index (χ2v) is 30.5. The van der Waals surface area contributed by atoms with E-state index in [9.17, 15) is 20.4 Å². The summed E-state index contributed by atoms with van der Waals surface area (Å²) in [5.74, 6) is 7.66. The summed E-state index contributed by atoms with van der Waals surface area (Å²) in [6, 6.07) is 16.4. The van der Waals surface area contributed by atoms with Gasteiger partial charge in [-0.05, 0) is 237 Å². The zero-order valence-corrected chi connectivity index (χ0v) is 63.3. The first-order valence-electron chi connectivity index (χ1n) is 38.6. The number of hydrogen-bond acceptors (Lipinski definition) is 8. The van der Waals surface area contributed by atoms with Crippen molar-refractivity contribution >= 4 is 0 Å². The van der Waals surface area contributed by atoms with Crippen LogP contribution in [0.2, 0.25) is 0 Å². The third kappa shape index (κ3) is 27.5. The van der Waals surface area contributed by atoms with Crippen LogP contribution in [-0.4, -0.2) is 46.9 Å². The third-order valence-corrected chi connectivity index (χ3v) is 20.5. The lowest BCUT2D eigenvalue weighted by Gasteiger charge is -2.32. The zero-order chi connectivity index (χ0) is 70.1. The Morgan fingerprint density at radius 2 is 0.698 bits per heavy atom. The van der Waals surface area contributed by atoms with Crippen molar-refractivity contribution in [2.45, 2.75) is 301 Å². The lowest BCUT2D eigenvalue weighted by molar-refractivity contribution is 0.212. The number of aromatic hydroxyl groups is 4. The quantitative estimate of drug-likeness (QED) is 0.0256. The molecule has 0 amide bonds. The summed E-state index contributed by atoms with van der Waals surface area (Å²) in [4.78, 5) is 0. The van der Waals surface area contributed by atoms with Crippen LogP contribution in [0.5, 0.6) is 46.0 Å². The van der Waals surface area contributed by atoms with Crippen molar-refractivity contribution in [2.24, 2.45) is 35.5 Å². The van der Waals surface area contributed by atoms with Crippen LogP contribution in [0.4, 0.5) is 0 Å². The summed E-state index contributed by atoms with van der Waals surface area (Å²) in [6.07, 6.45) is 37.3. The highest BCUT2D eigenvalue weighted by Gasteiger charge is 2.33. The lowest BCUT2D eigenvalue weighted by Crippen LogP contribution is -2.19. The molecule has 8 heteroatoms. The van der Waals surface area contributed by atoms with E-state index in [1.165, 1.54) is 75.4 Å². The Morgan fingerprint density at radius 1 is 0.396 bits per heavy atom. The fraction of sp³-hybridized carbons (Fsp3) is 0.636. The van der Waals surface area contributed by atoms with Gasteiger partial charge in [-0.1, -0.05) is 207 Å². The summed E-state index contributed by atoms with van der Waals surface area (Å²) in [5.41, 5.74) is 13.0. The van der Waals surface area contributed by atoms with E-state index < -0.39 is 0 Å². The Balaban J connectivity index is 0.000000347. The highest BCUT2D eigenvalue weighted by Crippen LogP contribution is 2.49. The second kappa shape index (κ2) is 43.6. The Morgan fingerprint density at radius 3 is 1.00 bits per heavy atom. The fourth-order valence-electron chi connectivity index (χ4n) is 14.5. The summed E-state index contributed by atoms with van der Waals surface area (Å²) in [7, 11) is 0. The largest absolute Gasteiger partial charge is 0.508 e. The van der Waals surface area contributed by atoms with Gasteiger partial charge in [0.05, 0.1) is 0 Å². The van der Waals surface area contributed by atoms with Gasteiger partial charge < -0.3 is 39.4 Å². The highest BCUT2D eigenvalue weighted by atomic mass is 16.5. The van der Waals surface area contributed by atoms with Gasteiger partial charge in [-0.3, -0.25) is 0 Å². The predicted octanol–water partition coefficient (Wildman–Crippen LogP) is 24.9. The van der Waals surface area contributed by atoms with E-state index in [0.29, 0.717) is 61.3 Å². The molecule has 2 aliphatic rings. The molecule has 536 valence electrons. The normalized spacial score (nSPS) is 17.0. The maximum absolute atomic E-state index is 11.5. The van der Waals surface area contributed by atoms with Crippen molar-refractivity contribution in [3.05, 3.63) is 141 Å². The van der Waals surface area contributed by atoms with Crippen LogP contribution in [0, 0.1) is 35.5 Å². The SMILES string of the molecule is C=C(C)[C@@H]1CCC(C)=C[C@H]1c1c(O)cc(CCCCC)cc1OCCOc1cc(CCCCC)cc(O)c1CC[C@@H](C)CCCC(C)C.C=C(C)[C@@H]1CCC(C)=C[C@H]1c1c(O)cc(CCCCC)cc1OCCOc1cc(CCCCC)cc(O)c1CC[C@H](C)CCCC(C)C. The summed E-state index contributed by atoms with van der Waals surface area (Å²) in [6.45, 7) is 41.3. The smallest absolute Gasteiger partial charge is 0.127 e. The monoisotopic (exact) mass is 1320 g/mol. The fourth-order valence-corrected chi connectivity index (χ4v) is 14.5. The molecule has 4 aromatic rings. The van der Waals surface area contributed by atoms with Gasteiger partial charge in [0, 0.05) is 34.1 Å². The molecule has 4 aromatic carbocycles. The molecule has 96 heavy (non-hydrogen) atoms. The number of hydrogen-bond donors (Lipinski definition) is 4. The van der Waals surface area contributed by atoms with Gasteiger partial charge in [-0.2, -0.15) is 0 Å². The summed E-state index contributed by atoms with van der Waals surface area (Å²) < 4.78 is 26.0. The minimum atomic E-state index is 0.0303. The van der Waals surface area contributed by atoms with E-state index in [4.69, 9.17) is 18.9 Å². The highest BCUT2D eigenvalue weighted by molar-refractivity contribution is 5.55. The topological polar surface area (TPSA) is 118 Å². The van der Waals surface area contributed by atoms with Gasteiger partial charge in [0.2, 0.25) is 0 Å². The van der Waals surface area contributed by atoms with Gasteiger partial charge in [-0.25, -0.2) is 0 Å². The molecule has 4 N–H and O–H groups in total. The molecule has 6 rings (SSSR count). The number of phenolic OH excluding ortho intramolecular Hbond substituents is 4. The molecule has 0 fully saturated rings. The van der Waals surface area contributed by atoms with Gasteiger partial charge >= 0.3 is 0 Å². The number of aryl methyl sites for hydroxylation is 4. The molecule has 0 aliphatic heterocycles. The predicted molar refractivity (Wildman–Crippen MR) is 408 cm³/mol. The molecule has 0 saturated carbocycles. The van der Waals surface area contributed by atoms with E-state index in [0.717, 1.165) is 219 Å². The van der Waals surface area contributed by atoms with E-state index >= 15 is 0 Å². The van der Waals surface area contributed by atoms with E-state index in [-0.39, 0.29) is 23.7 Å². The van der Waals surface area contributed by atoms with Crippen molar-refractivity contribution in [2.75, 3.05) is 26.4 Å². The van der Waals surface area contributed by atoms with Crippen LogP contribution in [0.15, 0.2) is 96.1 Å². The Labute approximate surface area is 586 Å². The number of unbranched alkanes of at least 4 members (excludes halogenated alkanes) is 8. The molecular weight excluding hydrogens is 1180 g/mol. The average molecular weight is 1320 g/mol. The van der Waals surface area contributed by atoms with E-state index in [1.54, 1.807) is 0 Å². The van der Waals surface area contributed by atoms with E-state index in [2.05, 4.69) is 147 Å². The first kappa shape index (κ1) is 80.9. The number of allylic oxidation sites excluding steroid dienone is 6. The molecular formula is C88H136O8. The van der Waals surface area contributed by atoms with Crippen LogP contribution in [-0.2, 0) is 38.5 Å². The van der Waals surface area contributed by atoms with Gasteiger partial charge in [0.1, 0.15) is 72.4 Å². The maximum Gasteiger partial charge on any atom is 0.127 e. The Bertz CT molecular complexity index is 2810. The molecule has 0 heterocycles. The van der Waals surface area contributed by atoms with Crippen molar-refractivity contribution in [1.82, 2.24) is 0 Å². The van der Waals surface area contributed by atoms with Crippen LogP contribution >= 0.6 is 0 Å². The molecule has 0 radical (unpaired) electrons. The third-order valence-electron chi connectivity index (χ3n) is 20.5. The van der Waals surface area contributed by atoms with Crippen molar-refractivity contribution in [3.63, 3.8) is 0 Å². The summed E-state index contributed by atoms with van der Waals surface area (Å²) >= 11 is 0. The van der Waals surface area contributed by atoms with Gasteiger partial charge in [-0.15, -0.1) is 0 Å². The molecule has 6 atom stereocenters. The Hall–Kier alpha value is -5.76. The average Bonchev–Trinajstić information content (AvgIpc) is 0.798. The van der Waals surface area contributed by atoms with E-state index in [1.807, 2.05) is 24.3 Å². The van der Waals surface area contributed by atoms with Gasteiger partial charge in [0.25, 0.3) is 0 Å². The van der Waals surface area contributed by atoms with Crippen LogP contribution in [0.1, 0.15) is 307 Å². The Kier molecular flexibility index (Phi) is 36.8. The molecule has 0 unspecified atom stereocenters. The molecule has 0 aromatic heterocycles. The second-order valence-electron chi connectivity index (χ2n) is 30.5. The van der Waals surface area contributed by atoms with Crippen LogP contribution in [0.3, 0.4) is 0 Å².